The van der Waals surface area contributed by atoms with Crippen molar-refractivity contribution in [3.05, 3.63) is 93.9 Å². The number of rotatable bonds is 5. The lowest BCUT2D eigenvalue weighted by molar-refractivity contribution is -0.119. The molecule has 0 radical (unpaired) electrons. The molecule has 1 aliphatic rings. The van der Waals surface area contributed by atoms with Gasteiger partial charge < -0.3 is 4.74 Å². The van der Waals surface area contributed by atoms with Crippen LogP contribution in [0.5, 0.6) is 5.75 Å². The van der Waals surface area contributed by atoms with Crippen LogP contribution in [0.3, 0.4) is 0 Å². The lowest BCUT2D eigenvalue weighted by Gasteiger charge is -2.18. The largest absolute Gasteiger partial charge is 0.496 e. The molecule has 0 saturated carbocycles. The number of anilines is 1. The van der Waals surface area contributed by atoms with Gasteiger partial charge in [0.05, 0.1) is 23.3 Å². The van der Waals surface area contributed by atoms with Gasteiger partial charge in [0, 0.05) is 15.5 Å². The lowest BCUT2D eigenvalue weighted by atomic mass is 10.0. The summed E-state index contributed by atoms with van der Waals surface area (Å²) in [6.07, 6.45) is 0. The minimum absolute atomic E-state index is 0.325. The van der Waals surface area contributed by atoms with Crippen molar-refractivity contribution in [2.75, 3.05) is 12.0 Å². The van der Waals surface area contributed by atoms with Gasteiger partial charge in [0.15, 0.2) is 0 Å². The Kier molecular flexibility index (Phi) is 5.66. The highest BCUT2D eigenvalue weighted by molar-refractivity contribution is 8.04. The van der Waals surface area contributed by atoms with Gasteiger partial charge in [0.2, 0.25) is 0 Å². The van der Waals surface area contributed by atoms with Crippen molar-refractivity contribution >= 4 is 46.4 Å². The predicted octanol–water partition coefficient (Wildman–Crippen LogP) is 5.73. The number of ether oxygens (including phenoxy) is 1. The standard InChI is InChI=1S/C24H18ClNO3S/c1-15-12-13-16(25)14-19(15)26-23(27)21(18-10-6-7-11-20(18)29-2)22(24(26)28)30-17-8-4-3-5-9-17/h3-14H,1-2H3. The van der Waals surface area contributed by atoms with E-state index in [1.807, 2.05) is 49.4 Å². The second kappa shape index (κ2) is 8.38. The molecule has 0 aliphatic carbocycles. The molecule has 0 atom stereocenters. The number of carbonyl (C=O) groups is 2. The summed E-state index contributed by atoms with van der Waals surface area (Å²) in [5, 5.41) is 0.458. The summed E-state index contributed by atoms with van der Waals surface area (Å²) >= 11 is 7.44. The zero-order valence-corrected chi connectivity index (χ0v) is 18.0. The number of methoxy groups -OCH3 is 1. The predicted molar refractivity (Wildman–Crippen MR) is 121 cm³/mol. The molecule has 4 rings (SSSR count). The first kappa shape index (κ1) is 20.3. The van der Waals surface area contributed by atoms with Crippen LogP contribution in [0.25, 0.3) is 5.57 Å². The SMILES string of the molecule is COc1ccccc1C1=C(Sc2ccccc2)C(=O)N(c2cc(Cl)ccc2C)C1=O. The van der Waals surface area contributed by atoms with Crippen LogP contribution >= 0.6 is 23.4 Å². The fraction of sp³-hybridized carbons (Fsp3) is 0.0833. The molecule has 3 aromatic rings. The number of imide groups is 1. The number of aryl methyl sites for hydroxylation is 1. The highest BCUT2D eigenvalue weighted by atomic mass is 35.5. The molecular weight excluding hydrogens is 418 g/mol. The van der Waals surface area contributed by atoms with Gasteiger partial charge in [0.1, 0.15) is 5.75 Å². The summed E-state index contributed by atoms with van der Waals surface area (Å²) in [7, 11) is 1.55. The van der Waals surface area contributed by atoms with Gasteiger partial charge in [-0.05, 0) is 42.8 Å². The molecule has 3 aromatic carbocycles. The van der Waals surface area contributed by atoms with Crippen LogP contribution in [0.2, 0.25) is 5.02 Å². The second-order valence-corrected chi connectivity index (χ2v) is 8.22. The van der Waals surface area contributed by atoms with E-state index in [1.54, 1.807) is 37.4 Å². The van der Waals surface area contributed by atoms with E-state index in [9.17, 15) is 9.59 Å². The van der Waals surface area contributed by atoms with E-state index in [2.05, 4.69) is 0 Å². The Morgan fingerprint density at radius 2 is 1.60 bits per heavy atom. The number of halogens is 1. The van der Waals surface area contributed by atoms with E-state index in [0.717, 1.165) is 10.5 Å². The van der Waals surface area contributed by atoms with Crippen LogP contribution in [0.4, 0.5) is 5.69 Å². The molecule has 4 nitrogen and oxygen atoms in total. The van der Waals surface area contributed by atoms with E-state index < -0.39 is 5.91 Å². The maximum atomic E-state index is 13.6. The molecule has 0 N–H and O–H groups in total. The van der Waals surface area contributed by atoms with Gasteiger partial charge in [-0.3, -0.25) is 9.59 Å². The van der Waals surface area contributed by atoms with Crippen LogP contribution in [-0.4, -0.2) is 18.9 Å². The van der Waals surface area contributed by atoms with Crippen LogP contribution in [-0.2, 0) is 9.59 Å². The number of benzene rings is 3. The maximum absolute atomic E-state index is 13.6. The van der Waals surface area contributed by atoms with Crippen molar-refractivity contribution in [2.24, 2.45) is 0 Å². The summed E-state index contributed by atoms with van der Waals surface area (Å²) in [6.45, 7) is 1.84. The molecule has 0 spiro atoms. The third-order valence-electron chi connectivity index (χ3n) is 4.79. The number of para-hydroxylation sites is 1. The first-order valence-electron chi connectivity index (χ1n) is 9.26. The first-order chi connectivity index (χ1) is 14.5. The topological polar surface area (TPSA) is 46.6 Å². The summed E-state index contributed by atoms with van der Waals surface area (Å²) in [5.74, 6) is -0.238. The number of hydrogen-bond donors (Lipinski definition) is 0. The van der Waals surface area contributed by atoms with Gasteiger partial charge in [0.25, 0.3) is 11.8 Å². The Morgan fingerprint density at radius 1 is 0.900 bits per heavy atom. The highest BCUT2D eigenvalue weighted by Gasteiger charge is 2.42. The van der Waals surface area contributed by atoms with Crippen LogP contribution in [0.1, 0.15) is 11.1 Å². The first-order valence-corrected chi connectivity index (χ1v) is 10.5. The van der Waals surface area contributed by atoms with Crippen LogP contribution in [0, 0.1) is 6.92 Å². The summed E-state index contributed by atoms with van der Waals surface area (Å²) in [6, 6.07) is 21.9. The maximum Gasteiger partial charge on any atom is 0.272 e. The molecule has 1 heterocycles. The minimum atomic E-state index is -0.395. The van der Waals surface area contributed by atoms with Crippen molar-refractivity contribution in [3.63, 3.8) is 0 Å². The highest BCUT2D eigenvalue weighted by Crippen LogP contribution is 2.44. The van der Waals surface area contributed by atoms with E-state index in [1.165, 1.54) is 16.7 Å². The third-order valence-corrected chi connectivity index (χ3v) is 6.12. The zero-order chi connectivity index (χ0) is 21.3. The molecule has 0 bridgehead atoms. The fourth-order valence-corrected chi connectivity index (χ4v) is 4.51. The molecule has 30 heavy (non-hydrogen) atoms. The Hall–Kier alpha value is -3.02. The lowest BCUT2D eigenvalue weighted by Crippen LogP contribution is -2.32. The molecule has 2 amide bonds. The summed E-state index contributed by atoms with van der Waals surface area (Å²) in [4.78, 5) is 29.5. The molecule has 150 valence electrons. The summed E-state index contributed by atoms with van der Waals surface area (Å²) in [5.41, 5.74) is 2.17. The molecule has 0 aromatic heterocycles. The molecule has 0 saturated heterocycles. The molecule has 6 heteroatoms. The van der Waals surface area contributed by atoms with E-state index in [-0.39, 0.29) is 5.91 Å². The van der Waals surface area contributed by atoms with Gasteiger partial charge in [-0.2, -0.15) is 0 Å². The van der Waals surface area contributed by atoms with Gasteiger partial charge >= 0.3 is 0 Å². The smallest absolute Gasteiger partial charge is 0.272 e. The fourth-order valence-electron chi connectivity index (χ4n) is 3.34. The van der Waals surface area contributed by atoms with Crippen molar-refractivity contribution in [2.45, 2.75) is 11.8 Å². The Morgan fingerprint density at radius 3 is 2.33 bits per heavy atom. The number of hydrogen-bond acceptors (Lipinski definition) is 4. The number of amides is 2. The molecule has 1 aliphatic heterocycles. The van der Waals surface area contributed by atoms with Crippen molar-refractivity contribution < 1.29 is 14.3 Å². The van der Waals surface area contributed by atoms with Crippen LogP contribution < -0.4 is 9.64 Å². The van der Waals surface area contributed by atoms with E-state index >= 15 is 0 Å². The molecule has 0 unspecified atom stereocenters. The normalized spacial score (nSPS) is 13.9. The Balaban J connectivity index is 1.89. The third kappa shape index (κ3) is 3.62. The van der Waals surface area contributed by atoms with E-state index in [4.69, 9.17) is 16.3 Å². The average molecular weight is 436 g/mol. The number of nitrogens with zero attached hydrogens (tertiary/aromatic N) is 1. The molecular formula is C24H18ClNO3S. The van der Waals surface area contributed by atoms with Crippen molar-refractivity contribution in [1.82, 2.24) is 0 Å². The van der Waals surface area contributed by atoms with Crippen LogP contribution in [0.15, 0.2) is 82.6 Å². The van der Waals surface area contributed by atoms with Crippen molar-refractivity contribution in [1.29, 1.82) is 0 Å². The molecule has 0 fully saturated rings. The Labute approximate surface area is 184 Å². The van der Waals surface area contributed by atoms with Gasteiger partial charge in [-0.15, -0.1) is 0 Å². The monoisotopic (exact) mass is 435 g/mol. The van der Waals surface area contributed by atoms with Gasteiger partial charge in [-0.25, -0.2) is 4.90 Å². The quantitative estimate of drug-likeness (QED) is 0.480. The number of thioether (sulfide) groups is 1. The van der Waals surface area contributed by atoms with Gasteiger partial charge in [-0.1, -0.05) is 65.8 Å². The van der Waals surface area contributed by atoms with Crippen molar-refractivity contribution in [3.8, 4) is 5.75 Å². The zero-order valence-electron chi connectivity index (χ0n) is 16.4. The summed E-state index contributed by atoms with van der Waals surface area (Å²) < 4.78 is 5.48. The van der Waals surface area contributed by atoms with E-state index in [0.29, 0.717) is 32.5 Å². The minimum Gasteiger partial charge on any atom is -0.496 e. The Bertz CT molecular complexity index is 1170. The number of carbonyl (C=O) groups excluding carboxylic acids is 2. The second-order valence-electron chi connectivity index (χ2n) is 6.70. The average Bonchev–Trinajstić information content (AvgIpc) is 3.00.